The minimum atomic E-state index is -3.65. The molecule has 0 radical (unpaired) electrons. The maximum atomic E-state index is 11.2. The van der Waals surface area contributed by atoms with E-state index in [4.69, 9.17) is 9.88 Å². The maximum absolute atomic E-state index is 11.2. The molecule has 3 rings (SSSR count). The highest BCUT2D eigenvalue weighted by Gasteiger charge is 2.21. The van der Waals surface area contributed by atoms with Crippen molar-refractivity contribution in [1.29, 1.82) is 0 Å². The Morgan fingerprint density at radius 1 is 1.18 bits per heavy atom. The molecule has 7 heteroatoms. The lowest BCUT2D eigenvalue weighted by molar-refractivity contribution is -0.0166. The summed E-state index contributed by atoms with van der Waals surface area (Å²) in [6.45, 7) is 1.43. The molecule has 2 aromatic carbocycles. The standard InChI is InChI=1S/C21H28N2O4S/c22-28(25,26)19-10-8-16(9-11-19)12-13-23-14-18(24)15-27-21-7-3-5-17-4-1-2-6-20(17)21/h1-2,4,6,8-11,18,21,23-24H,3,5,7,12-15H2,(H2,22,25,26)/t18-,21+/m1/s1. The van der Waals surface area contributed by atoms with Gasteiger partial charge in [0, 0.05) is 6.54 Å². The molecule has 0 aliphatic heterocycles. The first-order valence-electron chi connectivity index (χ1n) is 9.63. The van der Waals surface area contributed by atoms with Gasteiger partial charge < -0.3 is 15.2 Å². The zero-order chi connectivity index (χ0) is 20.0. The van der Waals surface area contributed by atoms with E-state index in [9.17, 15) is 13.5 Å². The number of aryl methyl sites for hydroxylation is 1. The third-order valence-electron chi connectivity index (χ3n) is 5.03. The van der Waals surface area contributed by atoms with Gasteiger partial charge in [-0.3, -0.25) is 0 Å². The van der Waals surface area contributed by atoms with Crippen LogP contribution >= 0.6 is 0 Å². The zero-order valence-corrected chi connectivity index (χ0v) is 16.7. The number of primary sulfonamides is 1. The Hall–Kier alpha value is -1.77. The van der Waals surface area contributed by atoms with Crippen LogP contribution < -0.4 is 10.5 Å². The molecule has 0 heterocycles. The molecule has 0 spiro atoms. The average molecular weight is 405 g/mol. The fourth-order valence-electron chi connectivity index (χ4n) is 3.52. The Labute approximate surface area is 166 Å². The molecule has 1 aliphatic rings. The summed E-state index contributed by atoms with van der Waals surface area (Å²) in [6.07, 6.45) is 3.43. The van der Waals surface area contributed by atoms with E-state index in [2.05, 4.69) is 23.5 Å². The van der Waals surface area contributed by atoms with Gasteiger partial charge >= 0.3 is 0 Å². The molecule has 4 N–H and O–H groups in total. The van der Waals surface area contributed by atoms with E-state index in [0.717, 1.165) is 31.2 Å². The van der Waals surface area contributed by atoms with Crippen LogP contribution in [0.25, 0.3) is 0 Å². The van der Waals surface area contributed by atoms with Crippen LogP contribution in [0, 0.1) is 0 Å². The van der Waals surface area contributed by atoms with Crippen molar-refractivity contribution in [2.45, 2.75) is 42.8 Å². The van der Waals surface area contributed by atoms with Gasteiger partial charge in [0.1, 0.15) is 0 Å². The van der Waals surface area contributed by atoms with Crippen molar-refractivity contribution in [3.05, 3.63) is 65.2 Å². The lowest BCUT2D eigenvalue weighted by Crippen LogP contribution is -2.32. The summed E-state index contributed by atoms with van der Waals surface area (Å²) in [6, 6.07) is 14.9. The van der Waals surface area contributed by atoms with E-state index in [0.29, 0.717) is 19.7 Å². The number of aliphatic hydroxyl groups is 1. The number of fused-ring (bicyclic) bond motifs is 1. The monoisotopic (exact) mass is 404 g/mol. The van der Waals surface area contributed by atoms with Gasteiger partial charge in [-0.25, -0.2) is 13.6 Å². The van der Waals surface area contributed by atoms with Crippen molar-refractivity contribution >= 4 is 10.0 Å². The van der Waals surface area contributed by atoms with Gasteiger partial charge in [0.2, 0.25) is 10.0 Å². The van der Waals surface area contributed by atoms with Crippen molar-refractivity contribution in [2.24, 2.45) is 5.14 Å². The average Bonchev–Trinajstić information content (AvgIpc) is 2.69. The summed E-state index contributed by atoms with van der Waals surface area (Å²) in [5.41, 5.74) is 3.60. The van der Waals surface area contributed by atoms with E-state index in [1.165, 1.54) is 23.3 Å². The van der Waals surface area contributed by atoms with Gasteiger partial charge in [0.05, 0.1) is 23.7 Å². The van der Waals surface area contributed by atoms with Gasteiger partial charge in [-0.15, -0.1) is 0 Å². The molecule has 0 amide bonds. The third-order valence-corrected chi connectivity index (χ3v) is 5.96. The highest BCUT2D eigenvalue weighted by Crippen LogP contribution is 2.32. The van der Waals surface area contributed by atoms with Gasteiger partial charge in [-0.2, -0.15) is 0 Å². The van der Waals surface area contributed by atoms with E-state index >= 15 is 0 Å². The second kappa shape index (κ2) is 9.62. The lowest BCUT2D eigenvalue weighted by Gasteiger charge is -2.26. The predicted octanol–water partition coefficient (Wildman–Crippen LogP) is 1.92. The van der Waals surface area contributed by atoms with E-state index in [1.807, 2.05) is 6.07 Å². The second-order valence-corrected chi connectivity index (χ2v) is 8.77. The first-order valence-corrected chi connectivity index (χ1v) is 11.2. The zero-order valence-electron chi connectivity index (χ0n) is 15.9. The number of aliphatic hydroxyl groups excluding tert-OH is 1. The summed E-state index contributed by atoms with van der Waals surface area (Å²) < 4.78 is 28.5. The molecule has 0 bridgehead atoms. The van der Waals surface area contributed by atoms with Crippen LogP contribution in [0.1, 0.15) is 35.6 Å². The number of nitrogens with two attached hydrogens (primary N) is 1. The summed E-state index contributed by atoms with van der Waals surface area (Å²) in [5, 5.41) is 18.5. The molecule has 0 unspecified atom stereocenters. The first kappa shape index (κ1) is 21.0. The third kappa shape index (κ3) is 5.86. The topological polar surface area (TPSA) is 102 Å². The maximum Gasteiger partial charge on any atom is 0.238 e. The molecular weight excluding hydrogens is 376 g/mol. The summed E-state index contributed by atoms with van der Waals surface area (Å²) >= 11 is 0. The van der Waals surface area contributed by atoms with Gasteiger partial charge in [-0.05, 0) is 61.1 Å². The van der Waals surface area contributed by atoms with Crippen LogP contribution in [0.5, 0.6) is 0 Å². The van der Waals surface area contributed by atoms with Crippen LogP contribution in [0.15, 0.2) is 53.4 Å². The molecule has 2 aromatic rings. The van der Waals surface area contributed by atoms with Crippen LogP contribution in [0.2, 0.25) is 0 Å². The first-order chi connectivity index (χ1) is 13.4. The van der Waals surface area contributed by atoms with Gasteiger partial charge in [0.25, 0.3) is 0 Å². The van der Waals surface area contributed by atoms with Crippen LogP contribution in [0.3, 0.4) is 0 Å². The minimum Gasteiger partial charge on any atom is -0.389 e. The number of hydrogen-bond donors (Lipinski definition) is 3. The van der Waals surface area contributed by atoms with Crippen molar-refractivity contribution in [3.8, 4) is 0 Å². The highest BCUT2D eigenvalue weighted by atomic mass is 32.2. The Morgan fingerprint density at radius 2 is 1.93 bits per heavy atom. The number of nitrogens with one attached hydrogen (secondary N) is 1. The fourth-order valence-corrected chi connectivity index (χ4v) is 4.03. The molecule has 152 valence electrons. The van der Waals surface area contributed by atoms with E-state index in [-0.39, 0.29) is 11.0 Å². The molecule has 0 saturated heterocycles. The van der Waals surface area contributed by atoms with Crippen LogP contribution in [-0.2, 0) is 27.6 Å². The van der Waals surface area contributed by atoms with Crippen LogP contribution in [0.4, 0.5) is 0 Å². The second-order valence-electron chi connectivity index (χ2n) is 7.21. The number of rotatable bonds is 9. The van der Waals surface area contributed by atoms with Crippen molar-refractivity contribution < 1.29 is 18.3 Å². The molecule has 0 saturated carbocycles. The molecule has 28 heavy (non-hydrogen) atoms. The fraction of sp³-hybridized carbons (Fsp3) is 0.429. The van der Waals surface area contributed by atoms with E-state index < -0.39 is 16.1 Å². The van der Waals surface area contributed by atoms with Gasteiger partial charge in [-0.1, -0.05) is 36.4 Å². The molecule has 0 fully saturated rings. The normalized spacial score (nSPS) is 17.9. The van der Waals surface area contributed by atoms with E-state index in [1.54, 1.807) is 12.1 Å². The Bertz CT molecular complexity index is 868. The molecule has 1 aliphatic carbocycles. The van der Waals surface area contributed by atoms with Crippen molar-refractivity contribution in [1.82, 2.24) is 5.32 Å². The number of sulfonamides is 1. The summed E-state index contributed by atoms with van der Waals surface area (Å²) in [4.78, 5) is 0.112. The molecule has 0 aromatic heterocycles. The Balaban J connectivity index is 1.37. The quantitative estimate of drug-likeness (QED) is 0.554. The highest BCUT2D eigenvalue weighted by molar-refractivity contribution is 7.89. The Kier molecular flexibility index (Phi) is 7.20. The largest absolute Gasteiger partial charge is 0.389 e. The number of benzene rings is 2. The lowest BCUT2D eigenvalue weighted by atomic mass is 9.89. The SMILES string of the molecule is NS(=O)(=O)c1ccc(CCNC[C@@H](O)CO[C@H]2CCCc3ccccc32)cc1. The molecule has 6 nitrogen and oxygen atoms in total. The van der Waals surface area contributed by atoms with Crippen molar-refractivity contribution in [3.63, 3.8) is 0 Å². The predicted molar refractivity (Wildman–Crippen MR) is 108 cm³/mol. The summed E-state index contributed by atoms with van der Waals surface area (Å²) in [7, 11) is -3.65. The van der Waals surface area contributed by atoms with Crippen molar-refractivity contribution in [2.75, 3.05) is 19.7 Å². The van der Waals surface area contributed by atoms with Gasteiger partial charge in [0.15, 0.2) is 0 Å². The Morgan fingerprint density at radius 3 is 2.68 bits per heavy atom. The number of hydrogen-bond acceptors (Lipinski definition) is 5. The number of ether oxygens (including phenoxy) is 1. The minimum absolute atomic E-state index is 0.0666. The molecular formula is C21H28N2O4S. The summed E-state index contributed by atoms with van der Waals surface area (Å²) in [5.74, 6) is 0. The van der Waals surface area contributed by atoms with Crippen LogP contribution in [-0.4, -0.2) is 39.3 Å². The molecule has 2 atom stereocenters. The smallest absolute Gasteiger partial charge is 0.238 e.